The topological polar surface area (TPSA) is 17.8 Å². The molecule has 2 aromatic rings. The smallest absolute Gasteiger partial charge is 0.121 e. The van der Waals surface area contributed by atoms with E-state index < -0.39 is 0 Å². The minimum absolute atomic E-state index is 1.12. The van der Waals surface area contributed by atoms with Gasteiger partial charge in [-0.05, 0) is 19.4 Å². The van der Waals surface area contributed by atoms with Crippen LogP contribution in [0.1, 0.15) is 17.5 Å². The van der Waals surface area contributed by atoms with E-state index in [2.05, 4.69) is 25.0 Å². The van der Waals surface area contributed by atoms with Gasteiger partial charge in [0.05, 0.1) is 5.69 Å². The lowest BCUT2D eigenvalue weighted by molar-refractivity contribution is 0.788. The van der Waals surface area contributed by atoms with Crippen molar-refractivity contribution in [2.24, 2.45) is 7.05 Å². The van der Waals surface area contributed by atoms with Crippen LogP contribution in [0.2, 0.25) is 0 Å². The van der Waals surface area contributed by atoms with Gasteiger partial charge in [0.2, 0.25) is 0 Å². The lowest BCUT2D eigenvalue weighted by atomic mass is 10.3. The van der Waals surface area contributed by atoms with E-state index in [1.807, 2.05) is 23.1 Å². The summed E-state index contributed by atoms with van der Waals surface area (Å²) in [5.41, 5.74) is 1.14. The molecular formula is C9H12N2S. The number of fused-ring (bicyclic) bond motifs is 1. The van der Waals surface area contributed by atoms with Crippen molar-refractivity contribution in [2.75, 3.05) is 0 Å². The van der Waals surface area contributed by atoms with Gasteiger partial charge in [0.15, 0.2) is 0 Å². The van der Waals surface area contributed by atoms with Gasteiger partial charge in [-0.1, -0.05) is 6.92 Å². The van der Waals surface area contributed by atoms with Crippen LogP contribution in [0.3, 0.4) is 0 Å². The molecule has 0 unspecified atom stereocenters. The van der Waals surface area contributed by atoms with Crippen molar-refractivity contribution < 1.29 is 0 Å². The molecule has 0 aromatic carbocycles. The average Bonchev–Trinajstić information content (AvgIpc) is 2.55. The lowest BCUT2D eigenvalue weighted by Crippen LogP contribution is -1.87. The second-order valence-corrected chi connectivity index (χ2v) is 4.11. The Hall–Kier alpha value is -0.830. The van der Waals surface area contributed by atoms with Crippen LogP contribution < -0.4 is 0 Å². The molecule has 0 fully saturated rings. The average molecular weight is 180 g/mol. The summed E-state index contributed by atoms with van der Waals surface area (Å²) in [4.78, 5) is 2.74. The highest BCUT2D eigenvalue weighted by molar-refractivity contribution is 7.18. The van der Waals surface area contributed by atoms with Crippen molar-refractivity contribution in [2.45, 2.75) is 20.3 Å². The summed E-state index contributed by atoms with van der Waals surface area (Å²) in [6.07, 6.45) is 1.12. The fourth-order valence-corrected chi connectivity index (χ4v) is 2.49. The quantitative estimate of drug-likeness (QED) is 0.659. The molecular weight excluding hydrogens is 168 g/mol. The highest BCUT2D eigenvalue weighted by atomic mass is 32.1. The van der Waals surface area contributed by atoms with Gasteiger partial charge < -0.3 is 0 Å². The standard InChI is InChI=1S/C9H12N2S/c1-4-7-5-8-6(2)10-11(3)9(8)12-7/h5H,4H2,1-3H3. The number of thiophene rings is 1. The maximum Gasteiger partial charge on any atom is 0.121 e. The largest absolute Gasteiger partial charge is 0.258 e. The molecule has 0 saturated heterocycles. The molecule has 0 bridgehead atoms. The third-order valence-electron chi connectivity index (χ3n) is 2.10. The number of hydrogen-bond acceptors (Lipinski definition) is 2. The van der Waals surface area contributed by atoms with Crippen LogP contribution in [0.4, 0.5) is 0 Å². The van der Waals surface area contributed by atoms with Gasteiger partial charge in [0.25, 0.3) is 0 Å². The van der Waals surface area contributed by atoms with E-state index in [9.17, 15) is 0 Å². The van der Waals surface area contributed by atoms with Crippen LogP contribution in [-0.2, 0) is 13.5 Å². The third kappa shape index (κ3) is 0.966. The molecule has 0 radical (unpaired) electrons. The van der Waals surface area contributed by atoms with Gasteiger partial charge in [-0.15, -0.1) is 11.3 Å². The Kier molecular flexibility index (Phi) is 1.68. The van der Waals surface area contributed by atoms with E-state index in [1.165, 1.54) is 15.1 Å². The molecule has 0 atom stereocenters. The van der Waals surface area contributed by atoms with E-state index in [1.54, 1.807) is 0 Å². The summed E-state index contributed by atoms with van der Waals surface area (Å²) >= 11 is 1.85. The lowest BCUT2D eigenvalue weighted by Gasteiger charge is -1.87. The highest BCUT2D eigenvalue weighted by Crippen LogP contribution is 2.27. The molecule has 3 heteroatoms. The third-order valence-corrected chi connectivity index (χ3v) is 3.44. The normalized spacial score (nSPS) is 11.2. The van der Waals surface area contributed by atoms with E-state index in [0.29, 0.717) is 0 Å². The van der Waals surface area contributed by atoms with Crippen LogP contribution >= 0.6 is 11.3 Å². The second kappa shape index (κ2) is 2.59. The molecule has 0 N–H and O–H groups in total. The maximum absolute atomic E-state index is 4.35. The van der Waals surface area contributed by atoms with Crippen molar-refractivity contribution in [3.8, 4) is 0 Å². The minimum Gasteiger partial charge on any atom is -0.258 e. The predicted molar refractivity (Wildman–Crippen MR) is 52.7 cm³/mol. The first-order chi connectivity index (χ1) is 5.72. The van der Waals surface area contributed by atoms with Crippen LogP contribution in [0.15, 0.2) is 6.07 Å². The van der Waals surface area contributed by atoms with Crippen molar-refractivity contribution >= 4 is 21.6 Å². The van der Waals surface area contributed by atoms with Crippen molar-refractivity contribution in [1.82, 2.24) is 9.78 Å². The monoisotopic (exact) mass is 180 g/mol. The highest BCUT2D eigenvalue weighted by Gasteiger charge is 2.07. The van der Waals surface area contributed by atoms with Crippen LogP contribution in [0, 0.1) is 6.92 Å². The first-order valence-electron chi connectivity index (χ1n) is 4.14. The maximum atomic E-state index is 4.35. The van der Waals surface area contributed by atoms with Crippen LogP contribution in [-0.4, -0.2) is 9.78 Å². The first-order valence-corrected chi connectivity index (χ1v) is 4.96. The van der Waals surface area contributed by atoms with E-state index in [-0.39, 0.29) is 0 Å². The SMILES string of the molecule is CCc1cc2c(C)nn(C)c2s1. The van der Waals surface area contributed by atoms with Gasteiger partial charge in [0, 0.05) is 17.3 Å². The second-order valence-electron chi connectivity index (χ2n) is 2.99. The fraction of sp³-hybridized carbons (Fsp3) is 0.444. The number of nitrogens with zero attached hydrogens (tertiary/aromatic N) is 2. The van der Waals surface area contributed by atoms with E-state index in [4.69, 9.17) is 0 Å². The predicted octanol–water partition coefficient (Wildman–Crippen LogP) is 2.51. The van der Waals surface area contributed by atoms with Crippen molar-refractivity contribution in [1.29, 1.82) is 0 Å². The zero-order valence-electron chi connectivity index (χ0n) is 7.59. The van der Waals surface area contributed by atoms with E-state index >= 15 is 0 Å². The summed E-state index contributed by atoms with van der Waals surface area (Å²) in [6.45, 7) is 4.25. The zero-order chi connectivity index (χ0) is 8.72. The first kappa shape index (κ1) is 7.80. The molecule has 0 saturated carbocycles. The molecule has 2 heterocycles. The van der Waals surface area contributed by atoms with E-state index in [0.717, 1.165) is 12.1 Å². The summed E-state index contributed by atoms with van der Waals surface area (Å²) in [6, 6.07) is 2.25. The molecule has 0 spiro atoms. The number of rotatable bonds is 1. The Balaban J connectivity index is 2.75. The number of aromatic nitrogens is 2. The van der Waals surface area contributed by atoms with Gasteiger partial charge >= 0.3 is 0 Å². The molecule has 2 aromatic heterocycles. The fourth-order valence-electron chi connectivity index (χ4n) is 1.43. The molecule has 64 valence electrons. The Bertz CT molecular complexity index is 377. The molecule has 2 nitrogen and oxygen atoms in total. The van der Waals surface area contributed by atoms with Gasteiger partial charge in [-0.3, -0.25) is 4.68 Å². The Labute approximate surface area is 75.8 Å². The van der Waals surface area contributed by atoms with Gasteiger partial charge in [-0.2, -0.15) is 5.10 Å². The molecule has 0 aliphatic rings. The summed E-state index contributed by atoms with van der Waals surface area (Å²) < 4.78 is 1.97. The molecule has 0 aliphatic carbocycles. The zero-order valence-corrected chi connectivity index (χ0v) is 8.40. The molecule has 0 aliphatic heterocycles. The summed E-state index contributed by atoms with van der Waals surface area (Å²) in [5, 5.41) is 5.67. The van der Waals surface area contributed by atoms with Gasteiger partial charge in [0.1, 0.15) is 4.83 Å². The van der Waals surface area contributed by atoms with Crippen molar-refractivity contribution in [3.05, 3.63) is 16.6 Å². The number of hydrogen-bond donors (Lipinski definition) is 0. The summed E-state index contributed by atoms with van der Waals surface area (Å²) in [7, 11) is 2.01. The van der Waals surface area contributed by atoms with Crippen LogP contribution in [0.25, 0.3) is 10.2 Å². The Morgan fingerprint density at radius 1 is 1.58 bits per heavy atom. The summed E-state index contributed by atoms with van der Waals surface area (Å²) in [5.74, 6) is 0. The molecule has 2 rings (SSSR count). The Morgan fingerprint density at radius 2 is 2.33 bits per heavy atom. The Morgan fingerprint density at radius 3 is 2.92 bits per heavy atom. The van der Waals surface area contributed by atoms with Crippen LogP contribution in [0.5, 0.6) is 0 Å². The minimum atomic E-state index is 1.12. The molecule has 0 amide bonds. The van der Waals surface area contributed by atoms with Crippen molar-refractivity contribution in [3.63, 3.8) is 0 Å². The molecule has 12 heavy (non-hydrogen) atoms. The number of aryl methyl sites for hydroxylation is 3. The van der Waals surface area contributed by atoms with Gasteiger partial charge in [-0.25, -0.2) is 0 Å².